The van der Waals surface area contributed by atoms with Gasteiger partial charge in [-0.25, -0.2) is 0 Å². The van der Waals surface area contributed by atoms with Gasteiger partial charge >= 0.3 is 0 Å². The molecule has 2 fully saturated rings. The standard InChI is InChI=1S/C14H22N2O/c1-10-9-15-16(2)13(10)14(17)7-3-4-12(8-14)11-5-6-11/h9,11-12,17H,3-8H2,1-2H3. The van der Waals surface area contributed by atoms with Gasteiger partial charge in [0, 0.05) is 7.05 Å². The Balaban J connectivity index is 1.89. The summed E-state index contributed by atoms with van der Waals surface area (Å²) in [4.78, 5) is 0. The first kappa shape index (κ1) is 11.3. The average molecular weight is 234 g/mol. The summed E-state index contributed by atoms with van der Waals surface area (Å²) in [5.74, 6) is 1.64. The minimum atomic E-state index is -0.624. The van der Waals surface area contributed by atoms with Crippen molar-refractivity contribution in [3.63, 3.8) is 0 Å². The molecule has 3 rings (SSSR count). The van der Waals surface area contributed by atoms with E-state index in [9.17, 15) is 5.11 Å². The van der Waals surface area contributed by atoms with Crippen LogP contribution < -0.4 is 0 Å². The molecule has 2 saturated carbocycles. The number of rotatable bonds is 2. The SMILES string of the molecule is Cc1cnn(C)c1C1(O)CCCC(C2CC2)C1. The second kappa shape index (κ2) is 3.84. The minimum Gasteiger partial charge on any atom is -0.384 e. The van der Waals surface area contributed by atoms with Crippen molar-refractivity contribution in [3.05, 3.63) is 17.5 Å². The van der Waals surface area contributed by atoms with Gasteiger partial charge in [0.15, 0.2) is 0 Å². The third-order valence-corrected chi connectivity index (χ3v) is 4.62. The molecule has 0 spiro atoms. The van der Waals surface area contributed by atoms with Gasteiger partial charge in [0.2, 0.25) is 0 Å². The summed E-state index contributed by atoms with van der Waals surface area (Å²) < 4.78 is 1.87. The first-order valence-corrected chi connectivity index (χ1v) is 6.81. The van der Waals surface area contributed by atoms with Crippen LogP contribution in [0.5, 0.6) is 0 Å². The molecule has 17 heavy (non-hydrogen) atoms. The molecule has 2 aliphatic carbocycles. The Morgan fingerprint density at radius 2 is 2.12 bits per heavy atom. The molecule has 0 saturated heterocycles. The molecule has 0 radical (unpaired) electrons. The molecule has 94 valence electrons. The van der Waals surface area contributed by atoms with E-state index in [1.807, 2.05) is 17.9 Å². The van der Waals surface area contributed by atoms with E-state index in [0.29, 0.717) is 0 Å². The first-order valence-electron chi connectivity index (χ1n) is 6.81. The maximum absolute atomic E-state index is 11.0. The fraction of sp³-hybridized carbons (Fsp3) is 0.786. The number of hydrogen-bond acceptors (Lipinski definition) is 2. The summed E-state index contributed by atoms with van der Waals surface area (Å²) in [5.41, 5.74) is 1.55. The third-order valence-electron chi connectivity index (χ3n) is 4.62. The zero-order valence-corrected chi connectivity index (χ0v) is 10.8. The van der Waals surface area contributed by atoms with Crippen molar-refractivity contribution in [1.82, 2.24) is 9.78 Å². The topological polar surface area (TPSA) is 38.0 Å². The second-order valence-electron chi connectivity index (χ2n) is 6.03. The molecule has 1 heterocycles. The van der Waals surface area contributed by atoms with Gasteiger partial charge in [-0.2, -0.15) is 5.10 Å². The van der Waals surface area contributed by atoms with Crippen molar-refractivity contribution in [2.75, 3.05) is 0 Å². The van der Waals surface area contributed by atoms with Crippen LogP contribution in [0.15, 0.2) is 6.20 Å². The van der Waals surface area contributed by atoms with Crippen LogP contribution in [-0.2, 0) is 12.6 Å². The first-order chi connectivity index (χ1) is 8.10. The molecular weight excluding hydrogens is 212 g/mol. The monoisotopic (exact) mass is 234 g/mol. The fourth-order valence-electron chi connectivity index (χ4n) is 3.70. The lowest BCUT2D eigenvalue weighted by Crippen LogP contribution is -2.36. The molecule has 2 aliphatic rings. The quantitative estimate of drug-likeness (QED) is 0.854. The largest absolute Gasteiger partial charge is 0.384 e. The molecule has 1 aromatic rings. The van der Waals surface area contributed by atoms with Crippen molar-refractivity contribution in [2.45, 2.75) is 51.0 Å². The molecule has 2 atom stereocenters. The van der Waals surface area contributed by atoms with E-state index in [0.717, 1.165) is 42.4 Å². The minimum absolute atomic E-state index is 0.624. The normalized spacial score (nSPS) is 33.9. The summed E-state index contributed by atoms with van der Waals surface area (Å²) in [5, 5.41) is 15.3. The average Bonchev–Trinajstić information content (AvgIpc) is 3.05. The van der Waals surface area contributed by atoms with Crippen LogP contribution in [0.25, 0.3) is 0 Å². The molecular formula is C14H22N2O. The lowest BCUT2D eigenvalue weighted by Gasteiger charge is -2.37. The van der Waals surface area contributed by atoms with E-state index in [4.69, 9.17) is 0 Å². The van der Waals surface area contributed by atoms with E-state index in [1.165, 1.54) is 19.3 Å². The maximum atomic E-state index is 11.0. The van der Waals surface area contributed by atoms with E-state index in [1.54, 1.807) is 0 Å². The van der Waals surface area contributed by atoms with Gasteiger partial charge in [0.05, 0.1) is 11.9 Å². The Kier molecular flexibility index (Phi) is 2.54. The van der Waals surface area contributed by atoms with Crippen LogP contribution in [0.2, 0.25) is 0 Å². The van der Waals surface area contributed by atoms with Crippen molar-refractivity contribution in [2.24, 2.45) is 18.9 Å². The Bertz CT molecular complexity index is 402. The Hall–Kier alpha value is -0.830. The second-order valence-corrected chi connectivity index (χ2v) is 6.03. The molecule has 1 N–H and O–H groups in total. The van der Waals surface area contributed by atoms with Crippen LogP contribution in [0, 0.1) is 18.8 Å². The van der Waals surface area contributed by atoms with Crippen molar-refractivity contribution in [3.8, 4) is 0 Å². The van der Waals surface area contributed by atoms with Gasteiger partial charge in [-0.1, -0.05) is 0 Å². The lowest BCUT2D eigenvalue weighted by molar-refractivity contribution is -0.0321. The molecule has 3 heteroatoms. The van der Waals surface area contributed by atoms with E-state index in [-0.39, 0.29) is 0 Å². The molecule has 0 amide bonds. The molecule has 2 unspecified atom stereocenters. The van der Waals surface area contributed by atoms with Crippen LogP contribution in [0.3, 0.4) is 0 Å². The smallest absolute Gasteiger partial charge is 0.107 e. The third kappa shape index (κ3) is 1.90. The molecule has 0 aliphatic heterocycles. The van der Waals surface area contributed by atoms with Gasteiger partial charge in [0.1, 0.15) is 5.60 Å². The number of aromatic nitrogens is 2. The Morgan fingerprint density at radius 1 is 1.35 bits per heavy atom. The highest BCUT2D eigenvalue weighted by molar-refractivity contribution is 5.23. The Morgan fingerprint density at radius 3 is 2.71 bits per heavy atom. The lowest BCUT2D eigenvalue weighted by atomic mass is 9.74. The molecule has 1 aromatic heterocycles. The summed E-state index contributed by atoms with van der Waals surface area (Å²) in [7, 11) is 1.95. The number of hydrogen-bond donors (Lipinski definition) is 1. The fourth-order valence-corrected chi connectivity index (χ4v) is 3.70. The highest BCUT2D eigenvalue weighted by atomic mass is 16.3. The van der Waals surface area contributed by atoms with Crippen molar-refractivity contribution < 1.29 is 5.11 Å². The Labute approximate surface area is 103 Å². The molecule has 3 nitrogen and oxygen atoms in total. The highest BCUT2D eigenvalue weighted by Gasteiger charge is 2.43. The van der Waals surface area contributed by atoms with Gasteiger partial charge < -0.3 is 5.11 Å². The summed E-state index contributed by atoms with van der Waals surface area (Å²) in [6, 6.07) is 0. The van der Waals surface area contributed by atoms with Gasteiger partial charge in [-0.3, -0.25) is 4.68 Å². The molecule has 0 aromatic carbocycles. The predicted octanol–water partition coefficient (Wildman–Crippen LogP) is 2.52. The highest BCUT2D eigenvalue weighted by Crippen LogP contribution is 2.49. The van der Waals surface area contributed by atoms with E-state index in [2.05, 4.69) is 12.0 Å². The van der Waals surface area contributed by atoms with Crippen LogP contribution >= 0.6 is 0 Å². The van der Waals surface area contributed by atoms with Crippen LogP contribution in [-0.4, -0.2) is 14.9 Å². The number of aryl methyl sites for hydroxylation is 2. The van der Waals surface area contributed by atoms with E-state index >= 15 is 0 Å². The van der Waals surface area contributed by atoms with Gasteiger partial charge in [-0.05, 0) is 62.8 Å². The molecule has 0 bridgehead atoms. The number of aliphatic hydroxyl groups is 1. The van der Waals surface area contributed by atoms with Crippen molar-refractivity contribution in [1.29, 1.82) is 0 Å². The van der Waals surface area contributed by atoms with Gasteiger partial charge in [-0.15, -0.1) is 0 Å². The summed E-state index contributed by atoms with van der Waals surface area (Å²) >= 11 is 0. The zero-order chi connectivity index (χ0) is 12.0. The zero-order valence-electron chi connectivity index (χ0n) is 10.8. The van der Waals surface area contributed by atoms with E-state index < -0.39 is 5.60 Å². The van der Waals surface area contributed by atoms with Crippen molar-refractivity contribution >= 4 is 0 Å². The van der Waals surface area contributed by atoms with Gasteiger partial charge in [0.25, 0.3) is 0 Å². The summed E-state index contributed by atoms with van der Waals surface area (Å²) in [6.45, 7) is 2.06. The van der Waals surface area contributed by atoms with Crippen LogP contribution in [0.4, 0.5) is 0 Å². The number of nitrogens with zero attached hydrogens (tertiary/aromatic N) is 2. The maximum Gasteiger partial charge on any atom is 0.107 e. The summed E-state index contributed by atoms with van der Waals surface area (Å²) in [6.07, 6.45) is 8.94. The predicted molar refractivity (Wildman–Crippen MR) is 66.5 cm³/mol. The van der Waals surface area contributed by atoms with Crippen LogP contribution in [0.1, 0.15) is 49.8 Å².